The number of amides is 6. The summed E-state index contributed by atoms with van der Waals surface area (Å²) in [4.78, 5) is 75.3. The Kier molecular flexibility index (Phi) is 26.5. The minimum atomic E-state index is -4.21. The minimum Gasteiger partial charge on any atom is -0.489 e. The molecule has 430 valence electrons. The number of benzene rings is 5. The van der Waals surface area contributed by atoms with Crippen LogP contribution >= 0.6 is 63.7 Å². The molecule has 28 heteroatoms. The van der Waals surface area contributed by atoms with Crippen molar-refractivity contribution in [3.63, 3.8) is 0 Å². The predicted octanol–water partition coefficient (Wildman–Crippen LogP) is 6.41. The molecule has 5 rings (SSSR count). The summed E-state index contributed by atoms with van der Waals surface area (Å²) in [6.07, 6.45) is 0.778. The first-order valence-corrected chi connectivity index (χ1v) is 30.8. The van der Waals surface area contributed by atoms with Crippen LogP contribution in [-0.2, 0) is 52.4 Å². The number of halogens is 4. The fourth-order valence-electron chi connectivity index (χ4n) is 7.46. The summed E-state index contributed by atoms with van der Waals surface area (Å²) in [5.74, 6) is -2.84. The van der Waals surface area contributed by atoms with E-state index in [9.17, 15) is 56.0 Å². The van der Waals surface area contributed by atoms with Crippen LogP contribution in [0.25, 0.3) is 0 Å². The molecule has 0 aliphatic carbocycles. The van der Waals surface area contributed by atoms with Gasteiger partial charge in [-0.3, -0.25) is 39.2 Å². The zero-order chi connectivity index (χ0) is 58.2. The first-order chi connectivity index (χ1) is 38.1. The van der Waals surface area contributed by atoms with E-state index >= 15 is 0 Å². The van der Waals surface area contributed by atoms with Gasteiger partial charge < -0.3 is 30.7 Å². The molecule has 0 fully saturated rings. The number of hydroxylamine groups is 2. The van der Waals surface area contributed by atoms with Crippen LogP contribution in [0.5, 0.6) is 11.5 Å². The number of rotatable bonds is 32. The normalized spacial score (nSPS) is 12.1. The lowest BCUT2D eigenvalue weighted by atomic mass is 10.1. The molecule has 0 aromatic heterocycles. The highest BCUT2D eigenvalue weighted by atomic mass is 79.9. The Hall–Kier alpha value is -5.82. The van der Waals surface area contributed by atoms with Crippen LogP contribution in [0.3, 0.4) is 0 Å². The SMILES string of the molecule is O=C(CCCNC(=O)c1cccc(C(=O)NCCCC(=O)NCCC[C@@H](NS(=O)(=O)c2ccc(OCc3cc(Br)cc(Br)c3)cc2)C(=O)NO)c1)NCCC[C@@H](NS(=O)(=O)c1ccc(OCc2cc(Br)cc(Br)c2)cc1)C(=O)NO. The largest absolute Gasteiger partial charge is 0.489 e. The lowest BCUT2D eigenvalue weighted by molar-refractivity contribution is -0.131. The topological polar surface area (TPSA) is 326 Å². The van der Waals surface area contributed by atoms with Crippen LogP contribution in [-0.4, -0.2) is 101 Å². The molecule has 0 bridgehead atoms. The van der Waals surface area contributed by atoms with Crippen molar-refractivity contribution in [3.8, 4) is 11.5 Å². The molecule has 0 heterocycles. The first-order valence-electron chi connectivity index (χ1n) is 24.6. The fraction of sp³-hybridized carbons (Fsp3) is 0.308. The number of hydrogen-bond acceptors (Lipinski definition) is 14. The van der Waals surface area contributed by atoms with Gasteiger partial charge in [-0.1, -0.05) is 69.8 Å². The molecule has 22 nitrogen and oxygen atoms in total. The average molecular weight is 1400 g/mol. The van der Waals surface area contributed by atoms with Gasteiger partial charge in [0, 0.05) is 68.0 Å². The Balaban J connectivity index is 0.933. The van der Waals surface area contributed by atoms with Gasteiger partial charge in [-0.15, -0.1) is 0 Å². The van der Waals surface area contributed by atoms with E-state index in [1.807, 2.05) is 36.4 Å². The summed E-state index contributed by atoms with van der Waals surface area (Å²) in [5, 5.41) is 29.3. The van der Waals surface area contributed by atoms with Crippen molar-refractivity contribution >= 4 is 119 Å². The first kappa shape index (κ1) is 65.0. The number of carbonyl (C=O) groups is 6. The summed E-state index contributed by atoms with van der Waals surface area (Å²) < 4.78 is 72.1. The van der Waals surface area contributed by atoms with Crippen LogP contribution in [0.2, 0.25) is 0 Å². The second kappa shape index (κ2) is 32.6. The maximum absolute atomic E-state index is 13.1. The van der Waals surface area contributed by atoms with Gasteiger partial charge in [0.2, 0.25) is 31.9 Å². The van der Waals surface area contributed by atoms with Crippen LogP contribution in [0.4, 0.5) is 0 Å². The highest BCUT2D eigenvalue weighted by Crippen LogP contribution is 2.25. The van der Waals surface area contributed by atoms with Gasteiger partial charge in [-0.25, -0.2) is 27.8 Å². The highest BCUT2D eigenvalue weighted by Gasteiger charge is 2.27. The lowest BCUT2D eigenvalue weighted by Gasteiger charge is -2.17. The molecular formula is C52H58Br4N8O14S2. The van der Waals surface area contributed by atoms with Gasteiger partial charge in [0.1, 0.15) is 36.8 Å². The summed E-state index contributed by atoms with van der Waals surface area (Å²) in [7, 11) is -8.42. The van der Waals surface area contributed by atoms with E-state index in [1.54, 1.807) is 0 Å². The molecule has 6 amide bonds. The lowest BCUT2D eigenvalue weighted by Crippen LogP contribution is -2.46. The Labute approximate surface area is 496 Å². The summed E-state index contributed by atoms with van der Waals surface area (Å²) in [5.41, 5.74) is 5.06. The molecular weight excluding hydrogens is 1340 g/mol. The standard InChI is InChI=1S/C52H58Br4N8O14S2/c53-37-24-33(25-38(54)29-37)31-77-41-12-16-43(17-13-41)79(73,74)63-45(51(69)61-71)8-2-20-57-47(65)10-4-22-59-49(67)35-6-1-7-36(28-35)50(68)60-23-5-11-48(66)58-21-3-9-46(52(70)62-72)64-80(75,76)44-18-14-42(15-19-44)78-32-34-26-39(55)30-40(56)27-34/h1,6-7,12-19,24-30,45-46,63-64,71-72H,2-5,8-11,20-23,31-32H2,(H,57,65)(H,58,66)(H,59,67)(H,60,68)(H,61,69)(H,62,70)/t45-,46-/m1/s1. The number of nitrogens with one attached hydrogen (secondary N) is 8. The third-order valence-electron chi connectivity index (χ3n) is 11.5. The smallest absolute Gasteiger partial charge is 0.261 e. The summed E-state index contributed by atoms with van der Waals surface area (Å²) in [6, 6.07) is 25.7. The van der Waals surface area contributed by atoms with Crippen molar-refractivity contribution in [1.29, 1.82) is 0 Å². The number of sulfonamides is 2. The molecule has 0 saturated carbocycles. The fourth-order valence-corrected chi connectivity index (χ4v) is 12.7. The third-order valence-corrected chi connectivity index (χ3v) is 16.3. The second-order valence-corrected chi connectivity index (χ2v) is 24.8. The second-order valence-electron chi connectivity index (χ2n) is 17.7. The highest BCUT2D eigenvalue weighted by molar-refractivity contribution is 9.11. The molecule has 80 heavy (non-hydrogen) atoms. The average Bonchev–Trinajstić information content (AvgIpc) is 3.44. The Bertz CT molecular complexity index is 2930. The maximum atomic E-state index is 13.1. The molecule has 0 aliphatic rings. The Morgan fingerprint density at radius 2 is 0.812 bits per heavy atom. The van der Waals surface area contributed by atoms with Crippen molar-refractivity contribution < 1.29 is 65.5 Å². The van der Waals surface area contributed by atoms with E-state index in [2.05, 4.69) is 94.4 Å². The van der Waals surface area contributed by atoms with Crippen LogP contribution < -0.4 is 51.1 Å². The summed E-state index contributed by atoms with van der Waals surface area (Å²) >= 11 is 13.7. The van der Waals surface area contributed by atoms with Gasteiger partial charge in [-0.2, -0.15) is 9.44 Å². The molecule has 10 N–H and O–H groups in total. The van der Waals surface area contributed by atoms with E-state index in [4.69, 9.17) is 9.47 Å². The van der Waals surface area contributed by atoms with E-state index in [-0.39, 0.29) is 123 Å². The molecule has 5 aromatic carbocycles. The van der Waals surface area contributed by atoms with Crippen molar-refractivity contribution in [1.82, 2.24) is 41.7 Å². The van der Waals surface area contributed by atoms with Crippen molar-refractivity contribution in [3.05, 3.63) is 149 Å². The van der Waals surface area contributed by atoms with Crippen LogP contribution in [0, 0.1) is 0 Å². The molecule has 0 aliphatic heterocycles. The van der Waals surface area contributed by atoms with Gasteiger partial charge in [0.25, 0.3) is 23.6 Å². The molecule has 0 saturated heterocycles. The van der Waals surface area contributed by atoms with E-state index in [1.165, 1.54) is 83.8 Å². The molecule has 0 radical (unpaired) electrons. The van der Waals surface area contributed by atoms with E-state index in [0.29, 0.717) is 11.5 Å². The van der Waals surface area contributed by atoms with Crippen LogP contribution in [0.15, 0.2) is 137 Å². The van der Waals surface area contributed by atoms with E-state index < -0.39 is 55.8 Å². The van der Waals surface area contributed by atoms with Gasteiger partial charge >= 0.3 is 0 Å². The third kappa shape index (κ3) is 22.3. The predicted molar refractivity (Wildman–Crippen MR) is 307 cm³/mol. The Morgan fingerprint density at radius 1 is 0.463 bits per heavy atom. The van der Waals surface area contributed by atoms with Crippen LogP contribution in [0.1, 0.15) is 83.2 Å². The Morgan fingerprint density at radius 3 is 1.16 bits per heavy atom. The summed E-state index contributed by atoms with van der Waals surface area (Å²) in [6.45, 7) is 0.862. The number of carbonyl (C=O) groups excluding carboxylic acids is 6. The zero-order valence-electron chi connectivity index (χ0n) is 42.6. The van der Waals surface area contributed by atoms with Gasteiger partial charge in [-0.05, 0) is 153 Å². The number of hydrogen-bond donors (Lipinski definition) is 10. The van der Waals surface area contributed by atoms with Gasteiger partial charge in [0.15, 0.2) is 0 Å². The maximum Gasteiger partial charge on any atom is 0.261 e. The minimum absolute atomic E-state index is 0.0314. The monoisotopic (exact) mass is 1400 g/mol. The van der Waals surface area contributed by atoms with Crippen molar-refractivity contribution in [2.75, 3.05) is 26.2 Å². The van der Waals surface area contributed by atoms with E-state index in [0.717, 1.165) is 29.0 Å². The molecule has 5 aromatic rings. The van der Waals surface area contributed by atoms with Gasteiger partial charge in [0.05, 0.1) is 9.79 Å². The van der Waals surface area contributed by atoms with Crippen molar-refractivity contribution in [2.45, 2.75) is 86.5 Å². The number of ether oxygens (including phenoxy) is 2. The molecule has 2 atom stereocenters. The van der Waals surface area contributed by atoms with Crippen molar-refractivity contribution in [2.24, 2.45) is 0 Å². The quantitative estimate of drug-likeness (QED) is 0.0126. The molecule has 0 unspecified atom stereocenters. The molecule has 0 spiro atoms. The zero-order valence-corrected chi connectivity index (χ0v) is 50.5.